The van der Waals surface area contributed by atoms with Crippen molar-refractivity contribution in [2.24, 2.45) is 5.73 Å². The van der Waals surface area contributed by atoms with Gasteiger partial charge in [0.25, 0.3) is 5.92 Å². The lowest BCUT2D eigenvalue weighted by atomic mass is 10.0. The van der Waals surface area contributed by atoms with Gasteiger partial charge < -0.3 is 10.3 Å². The quantitative estimate of drug-likeness (QED) is 0.566. The molecule has 0 radical (unpaired) electrons. The molecule has 6 nitrogen and oxygen atoms in total. The molecular weight excluding hydrogens is 441 g/mol. The summed E-state index contributed by atoms with van der Waals surface area (Å²) in [6, 6.07) is 8.84. The summed E-state index contributed by atoms with van der Waals surface area (Å²) in [4.78, 5) is 4.23. The molecule has 2 heterocycles. The van der Waals surface area contributed by atoms with E-state index in [1.54, 1.807) is 23.6 Å². The van der Waals surface area contributed by atoms with Gasteiger partial charge in [-0.15, -0.1) is 0 Å². The maximum atomic E-state index is 14.3. The highest BCUT2D eigenvalue weighted by Crippen LogP contribution is 2.37. The van der Waals surface area contributed by atoms with E-state index in [4.69, 9.17) is 5.73 Å². The first kappa shape index (κ1) is 24.0. The van der Waals surface area contributed by atoms with Crippen molar-refractivity contribution in [1.82, 2.24) is 13.9 Å². The van der Waals surface area contributed by atoms with E-state index in [9.17, 15) is 21.6 Å². The number of allylic oxidation sites excluding steroid dienone is 1. The zero-order valence-electron chi connectivity index (χ0n) is 18.2. The molecule has 172 valence electrons. The highest BCUT2D eigenvalue weighted by atomic mass is 32.2. The van der Waals surface area contributed by atoms with Crippen LogP contribution in [0.25, 0.3) is 22.2 Å². The van der Waals surface area contributed by atoms with Gasteiger partial charge in [0.05, 0.1) is 22.5 Å². The fourth-order valence-corrected chi connectivity index (χ4v) is 4.45. The smallest absolute Gasteiger partial charge is 0.286 e. The van der Waals surface area contributed by atoms with Gasteiger partial charge in [-0.2, -0.15) is 8.78 Å². The van der Waals surface area contributed by atoms with E-state index in [-0.39, 0.29) is 23.5 Å². The molecule has 0 amide bonds. The number of fused-ring (bicyclic) bond motifs is 1. The molecule has 32 heavy (non-hydrogen) atoms. The molecule has 2 aromatic heterocycles. The highest BCUT2D eigenvalue weighted by molar-refractivity contribution is 7.89. The lowest BCUT2D eigenvalue weighted by Crippen LogP contribution is -2.22. The van der Waals surface area contributed by atoms with E-state index >= 15 is 0 Å². The minimum atomic E-state index is -3.72. The number of rotatable bonds is 7. The van der Waals surface area contributed by atoms with Gasteiger partial charge in [0.2, 0.25) is 10.0 Å². The van der Waals surface area contributed by atoms with Crippen molar-refractivity contribution < 1.29 is 21.6 Å². The van der Waals surface area contributed by atoms with Crippen molar-refractivity contribution in [3.63, 3.8) is 0 Å². The average Bonchev–Trinajstić information content (AvgIpc) is 2.98. The number of aromatic nitrogens is 2. The van der Waals surface area contributed by atoms with E-state index in [1.165, 1.54) is 44.4 Å². The predicted molar refractivity (Wildman–Crippen MR) is 119 cm³/mol. The molecule has 0 bridgehead atoms. The Morgan fingerprint density at radius 1 is 1.25 bits per heavy atom. The topological polar surface area (TPSA) is 81.2 Å². The van der Waals surface area contributed by atoms with Crippen molar-refractivity contribution in [3.05, 3.63) is 59.7 Å². The zero-order valence-corrected chi connectivity index (χ0v) is 19.0. The lowest BCUT2D eigenvalue weighted by molar-refractivity contribution is 0.0131. The predicted octanol–water partition coefficient (Wildman–Crippen LogP) is 4.19. The van der Waals surface area contributed by atoms with Crippen LogP contribution in [0.15, 0.2) is 53.2 Å². The maximum Gasteiger partial charge on any atom is 0.286 e. The summed E-state index contributed by atoms with van der Waals surface area (Å²) >= 11 is 0. The van der Waals surface area contributed by atoms with E-state index in [1.807, 2.05) is 0 Å². The van der Waals surface area contributed by atoms with Crippen LogP contribution in [0.1, 0.15) is 18.3 Å². The summed E-state index contributed by atoms with van der Waals surface area (Å²) in [5.41, 5.74) is 7.15. The summed E-state index contributed by atoms with van der Waals surface area (Å²) in [6.07, 6.45) is 1.23. The van der Waals surface area contributed by atoms with E-state index in [0.717, 1.165) is 11.2 Å². The molecule has 0 aliphatic rings. The monoisotopic (exact) mass is 466 g/mol. The summed E-state index contributed by atoms with van der Waals surface area (Å²) in [6.45, 7) is 2.33. The van der Waals surface area contributed by atoms with E-state index < -0.39 is 27.5 Å². The fraction of sp³-hybridized carbons (Fsp3) is 0.318. The van der Waals surface area contributed by atoms with Gasteiger partial charge in [-0.3, -0.25) is 0 Å². The summed E-state index contributed by atoms with van der Waals surface area (Å²) in [7, 11) is -0.882. The molecule has 0 spiro atoms. The van der Waals surface area contributed by atoms with Gasteiger partial charge in [-0.05, 0) is 42.8 Å². The first-order valence-electron chi connectivity index (χ1n) is 9.83. The Morgan fingerprint density at radius 3 is 2.53 bits per heavy atom. The molecule has 0 aliphatic heterocycles. The van der Waals surface area contributed by atoms with Crippen LogP contribution in [0.5, 0.6) is 0 Å². The van der Waals surface area contributed by atoms with E-state index in [0.29, 0.717) is 22.3 Å². The summed E-state index contributed by atoms with van der Waals surface area (Å²) in [5.74, 6) is -3.66. The van der Waals surface area contributed by atoms with Crippen LogP contribution in [-0.4, -0.2) is 42.9 Å². The van der Waals surface area contributed by atoms with Gasteiger partial charge in [-0.25, -0.2) is 22.1 Å². The van der Waals surface area contributed by atoms with Crippen molar-refractivity contribution in [2.75, 3.05) is 20.6 Å². The van der Waals surface area contributed by atoms with Crippen LogP contribution < -0.4 is 5.73 Å². The van der Waals surface area contributed by atoms with Gasteiger partial charge >= 0.3 is 0 Å². The zero-order chi connectivity index (χ0) is 23.8. The molecule has 0 fully saturated rings. The molecule has 10 heteroatoms. The van der Waals surface area contributed by atoms with Crippen molar-refractivity contribution in [2.45, 2.75) is 31.2 Å². The summed E-state index contributed by atoms with van der Waals surface area (Å²) < 4.78 is 70.3. The molecule has 0 atom stereocenters. The summed E-state index contributed by atoms with van der Waals surface area (Å²) in [5, 5.41) is 0. The lowest BCUT2D eigenvalue weighted by Gasteiger charge is -2.13. The molecule has 0 unspecified atom stereocenters. The average molecular weight is 467 g/mol. The molecule has 1 aromatic carbocycles. The first-order chi connectivity index (χ1) is 14.9. The van der Waals surface area contributed by atoms with Crippen LogP contribution >= 0.6 is 0 Å². The minimum absolute atomic E-state index is 0.0197. The number of sulfonamides is 1. The maximum absolute atomic E-state index is 14.3. The van der Waals surface area contributed by atoms with Crippen LogP contribution in [0.4, 0.5) is 13.2 Å². The number of pyridine rings is 1. The van der Waals surface area contributed by atoms with Crippen LogP contribution in [-0.2, 0) is 22.5 Å². The van der Waals surface area contributed by atoms with Gasteiger partial charge in [-0.1, -0.05) is 12.1 Å². The van der Waals surface area contributed by atoms with Crippen LogP contribution in [0.2, 0.25) is 0 Å². The number of alkyl halides is 2. The number of hydrogen-bond donors (Lipinski definition) is 1. The van der Waals surface area contributed by atoms with E-state index in [2.05, 4.69) is 4.98 Å². The second-order valence-electron chi connectivity index (χ2n) is 7.70. The molecular formula is C22H25F3N4O2S. The largest absolute Gasteiger partial charge is 0.336 e. The molecule has 2 N–H and O–H groups in total. The molecule has 0 aliphatic carbocycles. The third kappa shape index (κ3) is 4.43. The third-order valence-electron chi connectivity index (χ3n) is 5.17. The van der Waals surface area contributed by atoms with Crippen molar-refractivity contribution in [3.8, 4) is 11.1 Å². The fourth-order valence-electron chi connectivity index (χ4n) is 3.50. The van der Waals surface area contributed by atoms with Crippen molar-refractivity contribution >= 4 is 21.1 Å². The minimum Gasteiger partial charge on any atom is -0.336 e. The Balaban J connectivity index is 2.33. The van der Waals surface area contributed by atoms with Crippen LogP contribution in [0, 0.1) is 6.92 Å². The number of halogens is 3. The Labute approximate surface area is 185 Å². The van der Waals surface area contributed by atoms with Crippen LogP contribution in [0.3, 0.4) is 0 Å². The standard InChI is InChI=1S/C22H25F3N4O2S/c1-14-20(15-6-5-7-17(12-15)32(30,31)28(3)4)21-18(29(14)13-16(23)10-11-26)8-9-19(27-21)22(2,24)25/h5-10,12H,11,13,26H2,1-4H3/b16-10-. The Hall–Kier alpha value is -2.69. The Morgan fingerprint density at radius 2 is 1.94 bits per heavy atom. The second-order valence-corrected chi connectivity index (χ2v) is 9.85. The first-order valence-corrected chi connectivity index (χ1v) is 11.3. The number of hydrogen-bond acceptors (Lipinski definition) is 4. The normalized spacial score (nSPS) is 13.3. The second kappa shape index (κ2) is 8.68. The molecule has 0 saturated heterocycles. The van der Waals surface area contributed by atoms with Gasteiger partial charge in [0.15, 0.2) is 0 Å². The number of nitrogens with two attached hydrogens (primary N) is 1. The Kier molecular flexibility index (Phi) is 6.50. The highest BCUT2D eigenvalue weighted by Gasteiger charge is 2.28. The Bertz CT molecular complexity index is 1290. The third-order valence-corrected chi connectivity index (χ3v) is 6.98. The van der Waals surface area contributed by atoms with Crippen molar-refractivity contribution in [1.29, 1.82) is 0 Å². The molecule has 3 rings (SSSR count). The van der Waals surface area contributed by atoms with Gasteiger partial charge in [0, 0.05) is 38.8 Å². The molecule has 0 saturated carbocycles. The number of nitrogens with zero attached hydrogens (tertiary/aromatic N) is 3. The SMILES string of the molecule is Cc1c(-c2cccc(S(=O)(=O)N(C)C)c2)c2nc(C(C)(F)F)ccc2n1C/C(F)=C/CN. The molecule has 3 aromatic rings. The van der Waals surface area contributed by atoms with Gasteiger partial charge in [0.1, 0.15) is 11.5 Å². The number of benzene rings is 1.